The third-order valence-electron chi connectivity index (χ3n) is 5.47. The second-order valence-electron chi connectivity index (χ2n) is 7.45. The van der Waals surface area contributed by atoms with Crippen LogP contribution in [0, 0.1) is 0 Å². The summed E-state index contributed by atoms with van der Waals surface area (Å²) in [6.07, 6.45) is 3.29. The number of hydrogen-bond acceptors (Lipinski definition) is 4. The van der Waals surface area contributed by atoms with E-state index in [9.17, 15) is 13.2 Å². The number of nitrogens with one attached hydrogen (secondary N) is 1. The Bertz CT molecular complexity index is 916. The maximum atomic E-state index is 12.8. The van der Waals surface area contributed by atoms with E-state index in [1.807, 2.05) is 23.1 Å². The zero-order valence-corrected chi connectivity index (χ0v) is 17.2. The number of nitrogens with zero attached hydrogens (tertiary/aromatic N) is 1. The van der Waals surface area contributed by atoms with Crippen LogP contribution in [0.25, 0.3) is 0 Å². The van der Waals surface area contributed by atoms with Gasteiger partial charge in [-0.3, -0.25) is 4.79 Å². The maximum absolute atomic E-state index is 12.8. The van der Waals surface area contributed by atoms with Gasteiger partial charge in [0.15, 0.2) is 9.84 Å². The van der Waals surface area contributed by atoms with Crippen molar-refractivity contribution in [3.63, 3.8) is 0 Å². The van der Waals surface area contributed by atoms with Gasteiger partial charge in [0.25, 0.3) is 5.91 Å². The summed E-state index contributed by atoms with van der Waals surface area (Å²) in [6, 6.07) is 16.4. The van der Waals surface area contributed by atoms with Gasteiger partial charge in [0.1, 0.15) is 0 Å². The highest BCUT2D eigenvalue weighted by Gasteiger charge is 2.31. The van der Waals surface area contributed by atoms with Crippen LogP contribution in [0.4, 0.5) is 0 Å². The molecule has 0 radical (unpaired) electrons. The van der Waals surface area contributed by atoms with Gasteiger partial charge in [-0.25, -0.2) is 8.42 Å². The van der Waals surface area contributed by atoms with Gasteiger partial charge in [0.2, 0.25) is 0 Å². The van der Waals surface area contributed by atoms with Crippen molar-refractivity contribution >= 4 is 28.2 Å². The minimum Gasteiger partial charge on any atom is -0.337 e. The number of rotatable bonds is 4. The van der Waals surface area contributed by atoms with E-state index in [-0.39, 0.29) is 29.0 Å². The van der Waals surface area contributed by atoms with Crippen molar-refractivity contribution in [1.29, 1.82) is 0 Å². The Hall–Kier alpha value is -1.89. The molecule has 4 rings (SSSR count). The number of carbonyl (C=O) groups is 1. The first kappa shape index (κ1) is 20.8. The molecule has 2 aromatic carbocycles. The molecule has 2 aliphatic heterocycles. The Morgan fingerprint density at radius 2 is 1.64 bits per heavy atom. The Kier molecular flexibility index (Phi) is 6.43. The lowest BCUT2D eigenvalue weighted by Crippen LogP contribution is -2.39. The molecule has 2 bridgehead atoms. The van der Waals surface area contributed by atoms with Gasteiger partial charge in [-0.2, -0.15) is 0 Å². The molecule has 2 aliphatic rings. The summed E-state index contributed by atoms with van der Waals surface area (Å²) in [7, 11) is -3.43. The molecule has 0 aromatic heterocycles. The van der Waals surface area contributed by atoms with E-state index in [0.717, 1.165) is 31.5 Å². The Morgan fingerprint density at radius 3 is 2.36 bits per heavy atom. The van der Waals surface area contributed by atoms with E-state index in [4.69, 9.17) is 0 Å². The van der Waals surface area contributed by atoms with E-state index < -0.39 is 9.84 Å². The van der Waals surface area contributed by atoms with Crippen LogP contribution in [0.2, 0.25) is 0 Å². The molecule has 7 heteroatoms. The highest BCUT2D eigenvalue weighted by Crippen LogP contribution is 2.22. The monoisotopic (exact) mass is 420 g/mol. The van der Waals surface area contributed by atoms with Gasteiger partial charge >= 0.3 is 0 Å². The quantitative estimate of drug-likeness (QED) is 0.825. The topological polar surface area (TPSA) is 66.5 Å². The SMILES string of the molecule is Cl.O=C(c1ccc(S(=O)(=O)Cc2ccccc2)cc1)N1CCC2CCC(C1)N2. The largest absolute Gasteiger partial charge is 0.337 e. The summed E-state index contributed by atoms with van der Waals surface area (Å²) >= 11 is 0. The number of carbonyl (C=O) groups excluding carboxylic acids is 1. The van der Waals surface area contributed by atoms with Crippen LogP contribution in [-0.4, -0.2) is 44.4 Å². The van der Waals surface area contributed by atoms with Crippen LogP contribution in [0.3, 0.4) is 0 Å². The lowest BCUT2D eigenvalue weighted by molar-refractivity contribution is 0.0748. The van der Waals surface area contributed by atoms with Crippen molar-refractivity contribution in [3.05, 3.63) is 65.7 Å². The zero-order chi connectivity index (χ0) is 18.9. The molecule has 5 nitrogen and oxygen atoms in total. The fourth-order valence-electron chi connectivity index (χ4n) is 3.99. The normalized spacial score (nSPS) is 21.6. The minimum absolute atomic E-state index is 0. The standard InChI is InChI=1S/C21H24N2O3S.ClH/c24-21(23-13-12-18-8-9-19(14-23)22-18)17-6-10-20(11-7-17)27(25,26)15-16-4-2-1-3-5-16;/h1-7,10-11,18-19,22H,8-9,12-15H2;1H. The second-order valence-corrected chi connectivity index (χ2v) is 9.44. The molecule has 2 aromatic rings. The van der Waals surface area contributed by atoms with Gasteiger partial charge in [-0.15, -0.1) is 12.4 Å². The van der Waals surface area contributed by atoms with Crippen molar-refractivity contribution in [2.45, 2.75) is 42.0 Å². The summed E-state index contributed by atoms with van der Waals surface area (Å²) in [5, 5.41) is 3.57. The molecule has 2 heterocycles. The number of halogens is 1. The average Bonchev–Trinajstić information content (AvgIpc) is 3.00. The third kappa shape index (κ3) is 4.57. The molecule has 0 aliphatic carbocycles. The molecular weight excluding hydrogens is 396 g/mol. The van der Waals surface area contributed by atoms with Crippen molar-refractivity contribution < 1.29 is 13.2 Å². The number of amides is 1. The average molecular weight is 421 g/mol. The molecule has 2 atom stereocenters. The smallest absolute Gasteiger partial charge is 0.253 e. The fraction of sp³-hybridized carbons (Fsp3) is 0.381. The van der Waals surface area contributed by atoms with Crippen LogP contribution >= 0.6 is 12.4 Å². The van der Waals surface area contributed by atoms with Gasteiger partial charge in [0, 0.05) is 30.7 Å². The molecule has 0 saturated carbocycles. The zero-order valence-electron chi connectivity index (χ0n) is 15.6. The first-order chi connectivity index (χ1) is 13.0. The molecule has 2 saturated heterocycles. The van der Waals surface area contributed by atoms with Gasteiger partial charge in [-0.05, 0) is 49.1 Å². The van der Waals surface area contributed by atoms with Crippen molar-refractivity contribution in [1.82, 2.24) is 10.2 Å². The third-order valence-corrected chi connectivity index (χ3v) is 7.17. The molecular formula is C21H25ClN2O3S. The fourth-order valence-corrected chi connectivity index (χ4v) is 5.34. The first-order valence-corrected chi connectivity index (χ1v) is 11.1. The van der Waals surface area contributed by atoms with E-state index in [0.29, 0.717) is 17.6 Å². The molecule has 150 valence electrons. The van der Waals surface area contributed by atoms with Crippen LogP contribution < -0.4 is 5.32 Å². The Morgan fingerprint density at radius 1 is 0.964 bits per heavy atom. The Labute approximate surface area is 172 Å². The van der Waals surface area contributed by atoms with Crippen LogP contribution in [-0.2, 0) is 15.6 Å². The predicted molar refractivity (Wildman–Crippen MR) is 111 cm³/mol. The highest BCUT2D eigenvalue weighted by atomic mass is 35.5. The first-order valence-electron chi connectivity index (χ1n) is 9.43. The molecule has 1 N–H and O–H groups in total. The summed E-state index contributed by atoms with van der Waals surface area (Å²) in [5.74, 6) is -0.0569. The summed E-state index contributed by atoms with van der Waals surface area (Å²) in [6.45, 7) is 1.48. The van der Waals surface area contributed by atoms with E-state index in [2.05, 4.69) is 5.32 Å². The van der Waals surface area contributed by atoms with Crippen LogP contribution in [0.5, 0.6) is 0 Å². The predicted octanol–water partition coefficient (Wildman–Crippen LogP) is 3.05. The number of likely N-dealkylation sites (tertiary alicyclic amines) is 1. The Balaban J connectivity index is 0.00000225. The van der Waals surface area contributed by atoms with Crippen molar-refractivity contribution in [2.75, 3.05) is 13.1 Å². The summed E-state index contributed by atoms with van der Waals surface area (Å²) in [4.78, 5) is 15.0. The molecule has 2 unspecified atom stereocenters. The summed E-state index contributed by atoms with van der Waals surface area (Å²) in [5.41, 5.74) is 1.30. The molecule has 1 amide bonds. The summed E-state index contributed by atoms with van der Waals surface area (Å²) < 4.78 is 25.2. The second kappa shape index (κ2) is 8.64. The lowest BCUT2D eigenvalue weighted by atomic mass is 10.1. The number of benzene rings is 2. The van der Waals surface area contributed by atoms with E-state index in [1.54, 1.807) is 36.4 Å². The van der Waals surface area contributed by atoms with Crippen molar-refractivity contribution in [2.24, 2.45) is 0 Å². The lowest BCUT2D eigenvalue weighted by Gasteiger charge is -2.24. The highest BCUT2D eigenvalue weighted by molar-refractivity contribution is 7.90. The van der Waals surface area contributed by atoms with Crippen LogP contribution in [0.1, 0.15) is 35.2 Å². The minimum atomic E-state index is -3.43. The maximum Gasteiger partial charge on any atom is 0.253 e. The van der Waals surface area contributed by atoms with Gasteiger partial charge in [0.05, 0.1) is 10.6 Å². The van der Waals surface area contributed by atoms with Crippen molar-refractivity contribution in [3.8, 4) is 0 Å². The van der Waals surface area contributed by atoms with Gasteiger partial charge in [-0.1, -0.05) is 30.3 Å². The number of hydrogen-bond donors (Lipinski definition) is 1. The van der Waals surface area contributed by atoms with Crippen LogP contribution in [0.15, 0.2) is 59.5 Å². The molecule has 28 heavy (non-hydrogen) atoms. The van der Waals surface area contributed by atoms with E-state index >= 15 is 0 Å². The molecule has 0 spiro atoms. The number of sulfone groups is 1. The number of fused-ring (bicyclic) bond motifs is 2. The van der Waals surface area contributed by atoms with E-state index in [1.165, 1.54) is 6.42 Å². The van der Waals surface area contributed by atoms with Gasteiger partial charge < -0.3 is 10.2 Å². The molecule has 2 fully saturated rings.